The lowest BCUT2D eigenvalue weighted by Gasteiger charge is -2.34. The Labute approximate surface area is 164 Å². The molecule has 4 rings (SSSR count). The molecule has 1 fully saturated rings. The zero-order valence-electron chi connectivity index (χ0n) is 15.1. The average Bonchev–Trinajstić information content (AvgIpc) is 2.72. The summed E-state index contributed by atoms with van der Waals surface area (Å²) in [6.45, 7) is 6.10. The Balaban J connectivity index is 1.28. The first-order valence-corrected chi connectivity index (χ1v) is 9.55. The lowest BCUT2D eigenvalue weighted by Crippen LogP contribution is -2.45. The van der Waals surface area contributed by atoms with E-state index in [1.54, 1.807) is 6.20 Å². The van der Waals surface area contributed by atoms with Crippen LogP contribution in [0.5, 0.6) is 0 Å². The van der Waals surface area contributed by atoms with Gasteiger partial charge in [0.1, 0.15) is 5.69 Å². The number of piperazine rings is 1. The molecular weight excluding hydrogens is 358 g/mol. The predicted octanol–water partition coefficient (Wildman–Crippen LogP) is 3.51. The molecule has 3 aromatic rings. The molecule has 0 unspecified atom stereocenters. The van der Waals surface area contributed by atoms with Gasteiger partial charge in [0, 0.05) is 68.4 Å². The van der Waals surface area contributed by atoms with Crippen LogP contribution in [0, 0.1) is 0 Å². The molecule has 1 aliphatic rings. The van der Waals surface area contributed by atoms with Crippen LogP contribution in [0.15, 0.2) is 61.1 Å². The minimum atomic E-state index is 0.673. The van der Waals surface area contributed by atoms with Crippen LogP contribution >= 0.6 is 11.6 Å². The molecule has 138 valence electrons. The number of halogens is 1. The van der Waals surface area contributed by atoms with Gasteiger partial charge in [-0.1, -0.05) is 29.8 Å². The summed E-state index contributed by atoms with van der Waals surface area (Å²) in [5.41, 5.74) is 3.26. The number of pyridine rings is 1. The van der Waals surface area contributed by atoms with Crippen molar-refractivity contribution < 1.29 is 0 Å². The summed E-state index contributed by atoms with van der Waals surface area (Å²) in [4.78, 5) is 18.2. The van der Waals surface area contributed by atoms with Crippen LogP contribution in [0.3, 0.4) is 0 Å². The van der Waals surface area contributed by atoms with E-state index in [1.807, 2.05) is 42.7 Å². The lowest BCUT2D eigenvalue weighted by molar-refractivity contribution is 0.122. The second-order valence-corrected chi connectivity index (χ2v) is 7.25. The van der Waals surface area contributed by atoms with Gasteiger partial charge in [-0.3, -0.25) is 14.8 Å². The number of rotatable bonds is 5. The van der Waals surface area contributed by atoms with Crippen LogP contribution in [0.4, 0.5) is 0 Å². The number of nitrogens with zero attached hydrogens (tertiary/aromatic N) is 5. The summed E-state index contributed by atoms with van der Waals surface area (Å²) in [6, 6.07) is 13.9. The van der Waals surface area contributed by atoms with E-state index in [-0.39, 0.29) is 0 Å². The van der Waals surface area contributed by atoms with Crippen LogP contribution < -0.4 is 0 Å². The van der Waals surface area contributed by atoms with Gasteiger partial charge >= 0.3 is 0 Å². The molecule has 0 spiro atoms. The zero-order chi connectivity index (χ0) is 18.5. The Kier molecular flexibility index (Phi) is 5.72. The van der Waals surface area contributed by atoms with Crippen LogP contribution in [-0.4, -0.2) is 50.9 Å². The van der Waals surface area contributed by atoms with E-state index in [0.29, 0.717) is 5.82 Å². The average molecular weight is 380 g/mol. The number of aromatic nitrogens is 3. The van der Waals surface area contributed by atoms with Crippen LogP contribution in [0.25, 0.3) is 11.5 Å². The highest BCUT2D eigenvalue weighted by atomic mass is 35.5. The van der Waals surface area contributed by atoms with Gasteiger partial charge in [-0.15, -0.1) is 0 Å². The molecule has 1 saturated heterocycles. The van der Waals surface area contributed by atoms with Crippen molar-refractivity contribution in [1.82, 2.24) is 24.8 Å². The molecule has 0 bridgehead atoms. The highest BCUT2D eigenvalue weighted by Crippen LogP contribution is 2.15. The van der Waals surface area contributed by atoms with E-state index in [2.05, 4.69) is 36.9 Å². The summed E-state index contributed by atoms with van der Waals surface area (Å²) < 4.78 is 0. The minimum absolute atomic E-state index is 0.673. The van der Waals surface area contributed by atoms with Gasteiger partial charge in [0.2, 0.25) is 0 Å². The Bertz CT molecular complexity index is 844. The molecular formula is C21H22ClN5. The first-order chi connectivity index (χ1) is 13.3. The summed E-state index contributed by atoms with van der Waals surface area (Å²) in [5.74, 6) is 0.673. The SMILES string of the molecule is Clc1ccc(CN2CCN(Cc3cnc(-c4ccccn4)nc3)CC2)cc1. The Morgan fingerprint density at radius 3 is 1.96 bits per heavy atom. The van der Waals surface area contributed by atoms with Gasteiger partial charge < -0.3 is 0 Å². The fourth-order valence-corrected chi connectivity index (χ4v) is 3.40. The Hall–Kier alpha value is -2.34. The molecule has 2 aromatic heterocycles. The van der Waals surface area contributed by atoms with E-state index in [1.165, 1.54) is 5.56 Å². The van der Waals surface area contributed by atoms with Gasteiger partial charge in [0.05, 0.1) is 0 Å². The van der Waals surface area contributed by atoms with E-state index in [0.717, 1.165) is 55.5 Å². The van der Waals surface area contributed by atoms with Crippen LogP contribution in [0.1, 0.15) is 11.1 Å². The quantitative estimate of drug-likeness (QED) is 0.678. The molecule has 1 aliphatic heterocycles. The van der Waals surface area contributed by atoms with Gasteiger partial charge in [-0.05, 0) is 29.8 Å². The summed E-state index contributed by atoms with van der Waals surface area (Å²) in [7, 11) is 0. The molecule has 1 aromatic carbocycles. The van der Waals surface area contributed by atoms with Crippen molar-refractivity contribution in [3.8, 4) is 11.5 Å². The Morgan fingerprint density at radius 2 is 1.37 bits per heavy atom. The zero-order valence-corrected chi connectivity index (χ0v) is 15.9. The largest absolute Gasteiger partial charge is 0.297 e. The standard InChI is InChI=1S/C21H22ClN5/c22-19-6-4-17(5-7-19)15-26-9-11-27(12-10-26)16-18-13-24-21(25-14-18)20-3-1-2-8-23-20/h1-8,13-14H,9-12,15-16H2. The van der Waals surface area contributed by atoms with Gasteiger partial charge in [0.15, 0.2) is 5.82 Å². The molecule has 0 radical (unpaired) electrons. The molecule has 0 amide bonds. The lowest BCUT2D eigenvalue weighted by atomic mass is 10.2. The van der Waals surface area contributed by atoms with E-state index in [9.17, 15) is 0 Å². The summed E-state index contributed by atoms with van der Waals surface area (Å²) in [5, 5.41) is 0.792. The van der Waals surface area contributed by atoms with Gasteiger partial charge in [-0.2, -0.15) is 0 Å². The van der Waals surface area contributed by atoms with Gasteiger partial charge in [-0.25, -0.2) is 9.97 Å². The second kappa shape index (κ2) is 8.57. The smallest absolute Gasteiger partial charge is 0.178 e. The number of hydrogen-bond donors (Lipinski definition) is 0. The predicted molar refractivity (Wildman–Crippen MR) is 107 cm³/mol. The van der Waals surface area contributed by atoms with Crippen molar-refractivity contribution >= 4 is 11.6 Å². The Morgan fingerprint density at radius 1 is 0.741 bits per heavy atom. The normalized spacial score (nSPS) is 15.7. The second-order valence-electron chi connectivity index (χ2n) is 6.81. The molecule has 27 heavy (non-hydrogen) atoms. The third-order valence-corrected chi connectivity index (χ3v) is 5.04. The number of benzene rings is 1. The topological polar surface area (TPSA) is 45.2 Å². The van der Waals surface area contributed by atoms with Crippen LogP contribution in [-0.2, 0) is 13.1 Å². The minimum Gasteiger partial charge on any atom is -0.297 e. The molecule has 0 saturated carbocycles. The van der Waals surface area contributed by atoms with Crippen molar-refractivity contribution in [2.45, 2.75) is 13.1 Å². The summed E-state index contributed by atoms with van der Waals surface area (Å²) in [6.07, 6.45) is 5.59. The monoisotopic (exact) mass is 379 g/mol. The molecule has 0 atom stereocenters. The highest BCUT2D eigenvalue weighted by molar-refractivity contribution is 6.30. The molecule has 0 aliphatic carbocycles. The van der Waals surface area contributed by atoms with E-state index in [4.69, 9.17) is 11.6 Å². The molecule has 6 heteroatoms. The molecule has 3 heterocycles. The van der Waals surface area contributed by atoms with E-state index < -0.39 is 0 Å². The molecule has 5 nitrogen and oxygen atoms in total. The fourth-order valence-electron chi connectivity index (χ4n) is 3.28. The summed E-state index contributed by atoms with van der Waals surface area (Å²) >= 11 is 5.96. The molecule has 0 N–H and O–H groups in total. The van der Waals surface area contributed by atoms with Crippen molar-refractivity contribution in [2.24, 2.45) is 0 Å². The maximum atomic E-state index is 5.96. The maximum Gasteiger partial charge on any atom is 0.178 e. The third kappa shape index (κ3) is 4.89. The van der Waals surface area contributed by atoms with Crippen molar-refractivity contribution in [3.05, 3.63) is 77.2 Å². The van der Waals surface area contributed by atoms with Crippen LogP contribution in [0.2, 0.25) is 5.02 Å². The first-order valence-electron chi connectivity index (χ1n) is 9.18. The van der Waals surface area contributed by atoms with Crippen molar-refractivity contribution in [3.63, 3.8) is 0 Å². The maximum absolute atomic E-state index is 5.96. The van der Waals surface area contributed by atoms with Crippen molar-refractivity contribution in [1.29, 1.82) is 0 Å². The first kappa shape index (κ1) is 18.0. The third-order valence-electron chi connectivity index (χ3n) is 4.79. The van der Waals surface area contributed by atoms with Gasteiger partial charge in [0.25, 0.3) is 0 Å². The number of hydrogen-bond acceptors (Lipinski definition) is 5. The van der Waals surface area contributed by atoms with E-state index >= 15 is 0 Å². The fraction of sp³-hybridized carbons (Fsp3) is 0.286. The van der Waals surface area contributed by atoms with Crippen molar-refractivity contribution in [2.75, 3.05) is 26.2 Å². The highest BCUT2D eigenvalue weighted by Gasteiger charge is 2.17.